The maximum absolute atomic E-state index is 11.4. The number of benzene rings is 1. The Labute approximate surface area is 101 Å². The van der Waals surface area contributed by atoms with Crippen LogP contribution in [0.4, 0.5) is 11.4 Å². The second-order valence-corrected chi connectivity index (χ2v) is 6.37. The first-order chi connectivity index (χ1) is 7.88. The molecular formula is C11H16N2O3S. The molecule has 1 saturated heterocycles. The number of aliphatic hydroxyl groups excluding tert-OH is 1. The van der Waals surface area contributed by atoms with Crippen LogP contribution in [0.25, 0.3) is 0 Å². The van der Waals surface area contributed by atoms with Crippen molar-refractivity contribution in [1.29, 1.82) is 0 Å². The minimum atomic E-state index is -3.28. The molecule has 17 heavy (non-hydrogen) atoms. The van der Waals surface area contributed by atoms with Crippen LogP contribution in [0, 0.1) is 0 Å². The van der Waals surface area contributed by atoms with E-state index in [2.05, 4.69) is 0 Å². The van der Waals surface area contributed by atoms with E-state index in [-0.39, 0.29) is 16.7 Å². The average Bonchev–Trinajstić information content (AvgIpc) is 2.62. The van der Waals surface area contributed by atoms with Gasteiger partial charge in [0.15, 0.2) is 9.84 Å². The number of nitrogens with two attached hydrogens (primary N) is 1. The maximum Gasteiger partial charge on any atom is 0.177 e. The van der Waals surface area contributed by atoms with Crippen molar-refractivity contribution >= 4 is 21.2 Å². The summed E-state index contributed by atoms with van der Waals surface area (Å²) < 4.78 is 22.8. The molecule has 0 spiro atoms. The molecule has 0 radical (unpaired) electrons. The SMILES string of the molecule is CS(=O)(=O)c1ccc(N2CCC(O)C2)cc1N. The van der Waals surface area contributed by atoms with Crippen LogP contribution in [0.1, 0.15) is 6.42 Å². The molecule has 1 aromatic rings. The van der Waals surface area contributed by atoms with Gasteiger partial charge in [-0.05, 0) is 24.6 Å². The molecular weight excluding hydrogens is 240 g/mol. The van der Waals surface area contributed by atoms with Crippen LogP contribution in [0.3, 0.4) is 0 Å². The number of anilines is 2. The van der Waals surface area contributed by atoms with Crippen molar-refractivity contribution < 1.29 is 13.5 Å². The smallest absolute Gasteiger partial charge is 0.177 e. The lowest BCUT2D eigenvalue weighted by Crippen LogP contribution is -2.21. The van der Waals surface area contributed by atoms with E-state index in [4.69, 9.17) is 5.73 Å². The first-order valence-electron chi connectivity index (χ1n) is 5.40. The zero-order chi connectivity index (χ0) is 12.6. The van der Waals surface area contributed by atoms with Crippen molar-refractivity contribution in [3.63, 3.8) is 0 Å². The minimum absolute atomic E-state index is 0.154. The maximum atomic E-state index is 11.4. The van der Waals surface area contributed by atoms with E-state index in [1.165, 1.54) is 6.07 Å². The summed E-state index contributed by atoms with van der Waals surface area (Å²) in [5, 5.41) is 9.45. The number of nitrogen functional groups attached to an aromatic ring is 1. The Morgan fingerprint density at radius 3 is 2.65 bits per heavy atom. The summed E-state index contributed by atoms with van der Waals surface area (Å²) in [7, 11) is -3.28. The van der Waals surface area contributed by atoms with E-state index in [1.807, 2.05) is 4.90 Å². The molecule has 0 saturated carbocycles. The zero-order valence-corrected chi connectivity index (χ0v) is 10.4. The van der Waals surface area contributed by atoms with Crippen molar-refractivity contribution in [2.24, 2.45) is 0 Å². The van der Waals surface area contributed by atoms with Gasteiger partial charge in [-0.3, -0.25) is 0 Å². The average molecular weight is 256 g/mol. The summed E-state index contributed by atoms with van der Waals surface area (Å²) >= 11 is 0. The molecule has 1 heterocycles. The highest BCUT2D eigenvalue weighted by Gasteiger charge is 2.21. The summed E-state index contributed by atoms with van der Waals surface area (Å²) in [6, 6.07) is 4.89. The van der Waals surface area contributed by atoms with Crippen molar-refractivity contribution in [3.05, 3.63) is 18.2 Å². The fourth-order valence-electron chi connectivity index (χ4n) is 2.05. The summed E-state index contributed by atoms with van der Waals surface area (Å²) in [4.78, 5) is 2.15. The number of sulfone groups is 1. The van der Waals surface area contributed by atoms with Crippen molar-refractivity contribution in [2.75, 3.05) is 30.0 Å². The standard InChI is InChI=1S/C11H16N2O3S/c1-17(15,16)11-3-2-8(6-10(11)12)13-5-4-9(14)7-13/h2-3,6,9,14H,4-5,7,12H2,1H3. The molecule has 1 unspecified atom stereocenters. The van der Waals surface area contributed by atoms with Gasteiger partial charge in [-0.25, -0.2) is 8.42 Å². The van der Waals surface area contributed by atoms with E-state index < -0.39 is 9.84 Å². The molecule has 0 bridgehead atoms. The van der Waals surface area contributed by atoms with E-state index in [0.717, 1.165) is 24.9 Å². The highest BCUT2D eigenvalue weighted by atomic mass is 32.2. The molecule has 1 atom stereocenters. The summed E-state index contributed by atoms with van der Waals surface area (Å²) in [6.07, 6.45) is 1.55. The molecule has 2 rings (SSSR count). The molecule has 0 aromatic heterocycles. The number of hydrogen-bond acceptors (Lipinski definition) is 5. The van der Waals surface area contributed by atoms with Gasteiger partial charge >= 0.3 is 0 Å². The summed E-state index contributed by atoms with van der Waals surface area (Å²) in [5.74, 6) is 0. The van der Waals surface area contributed by atoms with Gasteiger partial charge in [0.2, 0.25) is 0 Å². The highest BCUT2D eigenvalue weighted by Crippen LogP contribution is 2.27. The predicted molar refractivity (Wildman–Crippen MR) is 66.8 cm³/mol. The fourth-order valence-corrected chi connectivity index (χ4v) is 2.85. The predicted octanol–water partition coefficient (Wildman–Crippen LogP) is 0.243. The number of nitrogens with zero attached hydrogens (tertiary/aromatic N) is 1. The number of aliphatic hydroxyl groups is 1. The van der Waals surface area contributed by atoms with Crippen LogP contribution in [-0.2, 0) is 9.84 Å². The van der Waals surface area contributed by atoms with E-state index >= 15 is 0 Å². The number of hydrogen-bond donors (Lipinski definition) is 2. The largest absolute Gasteiger partial charge is 0.398 e. The molecule has 1 aliphatic heterocycles. The molecule has 6 heteroatoms. The van der Waals surface area contributed by atoms with Crippen LogP contribution in [0.5, 0.6) is 0 Å². The Balaban J connectivity index is 2.31. The van der Waals surface area contributed by atoms with Crippen LogP contribution in [0.15, 0.2) is 23.1 Å². The van der Waals surface area contributed by atoms with E-state index in [0.29, 0.717) is 6.54 Å². The summed E-state index contributed by atoms with van der Waals surface area (Å²) in [6.45, 7) is 1.33. The Hall–Kier alpha value is -1.27. The first kappa shape index (κ1) is 12.2. The molecule has 1 aliphatic rings. The summed E-state index contributed by atoms with van der Waals surface area (Å²) in [5.41, 5.74) is 6.85. The number of rotatable bonds is 2. The molecule has 0 amide bonds. The third-order valence-corrected chi connectivity index (χ3v) is 4.09. The van der Waals surface area contributed by atoms with Crippen LogP contribution in [0.2, 0.25) is 0 Å². The van der Waals surface area contributed by atoms with Crippen LogP contribution in [-0.4, -0.2) is 39.0 Å². The lowest BCUT2D eigenvalue weighted by molar-refractivity contribution is 0.198. The first-order valence-corrected chi connectivity index (χ1v) is 7.29. The highest BCUT2D eigenvalue weighted by molar-refractivity contribution is 7.90. The Morgan fingerprint density at radius 1 is 1.47 bits per heavy atom. The lowest BCUT2D eigenvalue weighted by atomic mass is 10.2. The molecule has 1 fully saturated rings. The minimum Gasteiger partial charge on any atom is -0.398 e. The van der Waals surface area contributed by atoms with E-state index in [1.54, 1.807) is 12.1 Å². The normalized spacial score (nSPS) is 20.8. The van der Waals surface area contributed by atoms with Gasteiger partial charge in [-0.15, -0.1) is 0 Å². The van der Waals surface area contributed by atoms with Gasteiger partial charge in [-0.1, -0.05) is 0 Å². The monoisotopic (exact) mass is 256 g/mol. The third kappa shape index (κ3) is 2.53. The molecule has 0 aliphatic carbocycles. The Morgan fingerprint density at radius 2 is 2.18 bits per heavy atom. The van der Waals surface area contributed by atoms with Crippen LogP contribution >= 0.6 is 0 Å². The van der Waals surface area contributed by atoms with Crippen molar-refractivity contribution in [3.8, 4) is 0 Å². The van der Waals surface area contributed by atoms with Crippen molar-refractivity contribution in [1.82, 2.24) is 0 Å². The molecule has 1 aromatic carbocycles. The van der Waals surface area contributed by atoms with Gasteiger partial charge in [0, 0.05) is 25.0 Å². The second kappa shape index (κ2) is 4.19. The quantitative estimate of drug-likeness (QED) is 0.741. The zero-order valence-electron chi connectivity index (χ0n) is 9.63. The molecule has 94 valence electrons. The van der Waals surface area contributed by atoms with Gasteiger partial charge in [0.25, 0.3) is 0 Å². The molecule has 3 N–H and O–H groups in total. The fraction of sp³-hybridized carbons (Fsp3) is 0.455. The number of β-amino-alcohol motifs (C(OH)–C–C–N with tert-alkyl or cyclic N) is 1. The van der Waals surface area contributed by atoms with Crippen molar-refractivity contribution in [2.45, 2.75) is 17.4 Å². The Kier molecular flexibility index (Phi) is 3.01. The van der Waals surface area contributed by atoms with Crippen LogP contribution < -0.4 is 10.6 Å². The lowest BCUT2D eigenvalue weighted by Gasteiger charge is -2.18. The van der Waals surface area contributed by atoms with Gasteiger partial charge in [-0.2, -0.15) is 0 Å². The molecule has 5 nitrogen and oxygen atoms in total. The Bertz CT molecular complexity index is 528. The third-order valence-electron chi connectivity index (χ3n) is 2.92. The van der Waals surface area contributed by atoms with Gasteiger partial charge < -0.3 is 15.7 Å². The van der Waals surface area contributed by atoms with E-state index in [9.17, 15) is 13.5 Å². The second-order valence-electron chi connectivity index (χ2n) is 4.38. The topological polar surface area (TPSA) is 83.6 Å². The van der Waals surface area contributed by atoms with Gasteiger partial charge in [0.05, 0.1) is 16.7 Å². The van der Waals surface area contributed by atoms with Gasteiger partial charge in [0.1, 0.15) is 0 Å².